The maximum atomic E-state index is 11.6. The first-order valence-corrected chi connectivity index (χ1v) is 5.98. The zero-order valence-electron chi connectivity index (χ0n) is 10.4. The Labute approximate surface area is 101 Å². The fraction of sp³-hybridized carbons (Fsp3) is 0.750. The van der Waals surface area contributed by atoms with Gasteiger partial charge in [-0.15, -0.1) is 0 Å². The second kappa shape index (κ2) is 8.73. The van der Waals surface area contributed by atoms with Crippen LogP contribution in [-0.2, 0) is 19.1 Å². The molecule has 0 aliphatic heterocycles. The van der Waals surface area contributed by atoms with Crippen molar-refractivity contribution in [1.82, 2.24) is 0 Å². The number of ether oxygens (including phenoxy) is 1. The van der Waals surface area contributed by atoms with E-state index >= 15 is 0 Å². The first-order chi connectivity index (χ1) is 8.04. The summed E-state index contributed by atoms with van der Waals surface area (Å²) in [6, 6.07) is 0. The summed E-state index contributed by atoms with van der Waals surface area (Å²) in [7, 11) is 0. The van der Waals surface area contributed by atoms with Gasteiger partial charge >= 0.3 is 11.9 Å². The highest BCUT2D eigenvalue weighted by Crippen LogP contribution is 2.12. The fourth-order valence-electron chi connectivity index (χ4n) is 1.33. The molecule has 1 N–H and O–H groups in total. The average molecular weight is 244 g/mol. The summed E-state index contributed by atoms with van der Waals surface area (Å²) in [5.41, 5.74) is 0. The number of esters is 1. The second-order valence-corrected chi connectivity index (χ2v) is 3.89. The minimum Gasteiger partial charge on any atom is -0.475 e. The van der Waals surface area contributed by atoms with Crippen molar-refractivity contribution in [2.24, 2.45) is 5.92 Å². The summed E-state index contributed by atoms with van der Waals surface area (Å²) in [5.74, 6) is -4.50. The van der Waals surface area contributed by atoms with Gasteiger partial charge in [0.1, 0.15) is 5.92 Å². The molecule has 0 aliphatic carbocycles. The molecule has 0 aromatic rings. The summed E-state index contributed by atoms with van der Waals surface area (Å²) >= 11 is 0. The zero-order valence-corrected chi connectivity index (χ0v) is 10.4. The van der Waals surface area contributed by atoms with E-state index in [1.54, 1.807) is 0 Å². The number of hydrogen-bond acceptors (Lipinski definition) is 4. The lowest BCUT2D eigenvalue weighted by atomic mass is 9.97. The van der Waals surface area contributed by atoms with Gasteiger partial charge in [-0.25, -0.2) is 4.79 Å². The zero-order chi connectivity index (χ0) is 13.3. The minimum absolute atomic E-state index is 0.241. The molecule has 1 atom stereocenters. The molecule has 0 bridgehead atoms. The Kier molecular flexibility index (Phi) is 8.01. The molecule has 0 rings (SSSR count). The van der Waals surface area contributed by atoms with Crippen molar-refractivity contribution in [1.29, 1.82) is 0 Å². The first kappa shape index (κ1) is 15.6. The number of carboxylic acids is 1. The number of rotatable bonds is 9. The van der Waals surface area contributed by atoms with Gasteiger partial charge in [-0.05, 0) is 12.8 Å². The third-order valence-corrected chi connectivity index (χ3v) is 2.40. The van der Waals surface area contributed by atoms with E-state index in [0.29, 0.717) is 12.8 Å². The van der Waals surface area contributed by atoms with E-state index in [1.165, 1.54) is 0 Å². The molecular formula is C12H20O5. The van der Waals surface area contributed by atoms with Crippen LogP contribution in [0.15, 0.2) is 0 Å². The monoisotopic (exact) mass is 244 g/mol. The van der Waals surface area contributed by atoms with Gasteiger partial charge in [-0.2, -0.15) is 0 Å². The Morgan fingerprint density at radius 3 is 2.18 bits per heavy atom. The molecule has 0 saturated carbocycles. The van der Waals surface area contributed by atoms with Gasteiger partial charge in [0, 0.05) is 0 Å². The fourth-order valence-corrected chi connectivity index (χ4v) is 1.33. The summed E-state index contributed by atoms with van der Waals surface area (Å²) in [6.45, 7) is 4.10. The van der Waals surface area contributed by atoms with Crippen LogP contribution < -0.4 is 0 Å². The molecule has 1 unspecified atom stereocenters. The van der Waals surface area contributed by atoms with Crippen molar-refractivity contribution in [3.8, 4) is 0 Å². The molecule has 0 spiro atoms. The van der Waals surface area contributed by atoms with Gasteiger partial charge in [-0.3, -0.25) is 9.59 Å². The van der Waals surface area contributed by atoms with Crippen molar-refractivity contribution in [3.05, 3.63) is 0 Å². The minimum atomic E-state index is -1.57. The number of carbonyl (C=O) groups excluding carboxylic acids is 2. The van der Waals surface area contributed by atoms with Gasteiger partial charge in [0.05, 0.1) is 6.61 Å². The first-order valence-electron chi connectivity index (χ1n) is 5.98. The standard InChI is InChI=1S/C12H20O5/c1-3-5-7-9(10(13)11(14)15)12(16)17-8-6-4-2/h9H,3-8H2,1-2H3,(H,14,15). The third-order valence-electron chi connectivity index (χ3n) is 2.40. The predicted molar refractivity (Wildman–Crippen MR) is 61.5 cm³/mol. The smallest absolute Gasteiger partial charge is 0.373 e. The van der Waals surface area contributed by atoms with Crippen LogP contribution in [0.2, 0.25) is 0 Å². The van der Waals surface area contributed by atoms with E-state index < -0.39 is 23.6 Å². The van der Waals surface area contributed by atoms with Gasteiger partial charge in [0.2, 0.25) is 0 Å². The molecule has 0 aliphatic rings. The van der Waals surface area contributed by atoms with Crippen molar-refractivity contribution >= 4 is 17.7 Å². The van der Waals surface area contributed by atoms with E-state index in [4.69, 9.17) is 9.84 Å². The molecule has 0 radical (unpaired) electrons. The van der Waals surface area contributed by atoms with Crippen LogP contribution in [0.25, 0.3) is 0 Å². The molecule has 0 saturated heterocycles. The van der Waals surface area contributed by atoms with Crippen LogP contribution in [0.5, 0.6) is 0 Å². The summed E-state index contributed by atoms with van der Waals surface area (Å²) in [6.07, 6.45) is 3.26. The quantitative estimate of drug-likeness (QED) is 0.289. The number of aliphatic carboxylic acids is 1. The van der Waals surface area contributed by atoms with Crippen LogP contribution in [0, 0.1) is 5.92 Å². The molecule has 0 amide bonds. The van der Waals surface area contributed by atoms with E-state index in [9.17, 15) is 14.4 Å². The Hall–Kier alpha value is -1.39. The topological polar surface area (TPSA) is 80.7 Å². The molecule has 0 fully saturated rings. The summed E-state index contributed by atoms with van der Waals surface area (Å²) < 4.78 is 4.89. The van der Waals surface area contributed by atoms with Gasteiger partial charge < -0.3 is 9.84 Å². The van der Waals surface area contributed by atoms with Crippen LogP contribution in [0.4, 0.5) is 0 Å². The molecule has 5 heteroatoms. The normalized spacial score (nSPS) is 11.9. The van der Waals surface area contributed by atoms with Gasteiger partial charge in [-0.1, -0.05) is 33.1 Å². The van der Waals surface area contributed by atoms with E-state index in [1.807, 2.05) is 13.8 Å². The van der Waals surface area contributed by atoms with Crippen molar-refractivity contribution in [2.75, 3.05) is 6.61 Å². The van der Waals surface area contributed by atoms with Crippen LogP contribution >= 0.6 is 0 Å². The predicted octanol–water partition coefficient (Wildman–Crippen LogP) is 1.79. The maximum absolute atomic E-state index is 11.6. The molecule has 17 heavy (non-hydrogen) atoms. The highest BCUT2D eigenvalue weighted by Gasteiger charge is 2.32. The van der Waals surface area contributed by atoms with E-state index in [0.717, 1.165) is 12.8 Å². The number of carbonyl (C=O) groups is 3. The molecule has 98 valence electrons. The van der Waals surface area contributed by atoms with Crippen molar-refractivity contribution in [3.63, 3.8) is 0 Å². The SMILES string of the molecule is CCCCOC(=O)C(CCCC)C(=O)C(=O)O. The van der Waals surface area contributed by atoms with E-state index in [2.05, 4.69) is 0 Å². The Morgan fingerprint density at radius 1 is 1.12 bits per heavy atom. The lowest BCUT2D eigenvalue weighted by Crippen LogP contribution is -2.31. The number of ketones is 1. The lowest BCUT2D eigenvalue weighted by Gasteiger charge is -2.12. The number of unbranched alkanes of at least 4 members (excludes halogenated alkanes) is 2. The summed E-state index contributed by atoms with van der Waals surface area (Å²) in [5, 5.41) is 8.61. The van der Waals surface area contributed by atoms with Crippen molar-refractivity contribution < 1.29 is 24.2 Å². The van der Waals surface area contributed by atoms with Crippen LogP contribution in [0.3, 0.4) is 0 Å². The third kappa shape index (κ3) is 6.04. The highest BCUT2D eigenvalue weighted by atomic mass is 16.5. The largest absolute Gasteiger partial charge is 0.475 e. The number of hydrogen-bond donors (Lipinski definition) is 1. The van der Waals surface area contributed by atoms with Gasteiger partial charge in [0.15, 0.2) is 0 Å². The Morgan fingerprint density at radius 2 is 1.71 bits per heavy atom. The van der Waals surface area contributed by atoms with Gasteiger partial charge in [0.25, 0.3) is 5.78 Å². The summed E-state index contributed by atoms with van der Waals surface area (Å²) in [4.78, 5) is 33.5. The molecule has 5 nitrogen and oxygen atoms in total. The lowest BCUT2D eigenvalue weighted by molar-refractivity contribution is -0.160. The van der Waals surface area contributed by atoms with Crippen LogP contribution in [-0.4, -0.2) is 29.4 Å². The molecule has 0 aromatic heterocycles. The molecule has 0 aromatic carbocycles. The number of Topliss-reactive ketones (excluding diaryl/α,β-unsaturated/α-hetero) is 1. The maximum Gasteiger partial charge on any atom is 0.373 e. The van der Waals surface area contributed by atoms with E-state index in [-0.39, 0.29) is 13.0 Å². The number of carboxylic acid groups (broad SMARTS) is 1. The van der Waals surface area contributed by atoms with Crippen LogP contribution in [0.1, 0.15) is 46.0 Å². The van der Waals surface area contributed by atoms with Crippen molar-refractivity contribution in [2.45, 2.75) is 46.0 Å². The average Bonchev–Trinajstić information content (AvgIpc) is 2.29. The molecule has 0 heterocycles. The Bertz CT molecular complexity index is 272. The molecular weight excluding hydrogens is 224 g/mol. The highest BCUT2D eigenvalue weighted by molar-refractivity contribution is 6.37. The Balaban J connectivity index is 4.39. The second-order valence-electron chi connectivity index (χ2n) is 3.89.